The van der Waals surface area contributed by atoms with Crippen molar-refractivity contribution in [3.05, 3.63) is 70.3 Å². The zero-order valence-corrected chi connectivity index (χ0v) is 14.8. The van der Waals surface area contributed by atoms with Crippen LogP contribution in [0.15, 0.2) is 54.7 Å². The van der Waals surface area contributed by atoms with E-state index in [0.29, 0.717) is 33.1 Å². The zero-order chi connectivity index (χ0) is 17.8. The van der Waals surface area contributed by atoms with Gasteiger partial charge in [0.15, 0.2) is 5.78 Å². The Morgan fingerprint density at radius 1 is 1.04 bits per heavy atom. The number of hydrogen-bond donors (Lipinski definition) is 2. The minimum Gasteiger partial charge on any atom is -0.339 e. The number of benzene rings is 2. The maximum absolute atomic E-state index is 11.5. The normalized spacial score (nSPS) is 10.4. The molecule has 1 aromatic heterocycles. The summed E-state index contributed by atoms with van der Waals surface area (Å²) in [5, 5.41) is 7.07. The van der Waals surface area contributed by atoms with Crippen molar-refractivity contribution in [3.63, 3.8) is 0 Å². The summed E-state index contributed by atoms with van der Waals surface area (Å²) in [6.45, 7) is 1.52. The molecule has 3 aromatic rings. The molecule has 25 heavy (non-hydrogen) atoms. The third kappa shape index (κ3) is 4.26. The van der Waals surface area contributed by atoms with Crippen molar-refractivity contribution in [1.82, 2.24) is 9.97 Å². The van der Waals surface area contributed by atoms with Gasteiger partial charge in [0.25, 0.3) is 0 Å². The molecule has 0 saturated carbocycles. The molecule has 1 heterocycles. The van der Waals surface area contributed by atoms with Crippen molar-refractivity contribution in [2.45, 2.75) is 6.92 Å². The second kappa shape index (κ2) is 7.51. The molecule has 0 unspecified atom stereocenters. The predicted molar refractivity (Wildman–Crippen MR) is 102 cm³/mol. The number of carbonyl (C=O) groups excluding carboxylic acids is 1. The van der Waals surface area contributed by atoms with Gasteiger partial charge in [-0.2, -0.15) is 4.98 Å². The van der Waals surface area contributed by atoms with Crippen LogP contribution >= 0.6 is 23.2 Å². The largest absolute Gasteiger partial charge is 0.339 e. The summed E-state index contributed by atoms with van der Waals surface area (Å²) < 4.78 is 0. The summed E-state index contributed by atoms with van der Waals surface area (Å²) in [6, 6.07) is 14.2. The molecule has 0 bridgehead atoms. The predicted octanol–water partition coefficient (Wildman–Crippen LogP) is 5.47. The highest BCUT2D eigenvalue weighted by Gasteiger charge is 2.07. The van der Waals surface area contributed by atoms with Gasteiger partial charge in [0.1, 0.15) is 5.82 Å². The molecule has 0 aliphatic rings. The summed E-state index contributed by atoms with van der Waals surface area (Å²) >= 11 is 12.2. The van der Waals surface area contributed by atoms with Gasteiger partial charge in [-0.1, -0.05) is 41.4 Å². The number of aromatic nitrogens is 2. The molecule has 0 saturated heterocycles. The minimum absolute atomic E-state index is 0.00409. The second-order valence-corrected chi connectivity index (χ2v) is 6.04. The Balaban J connectivity index is 1.81. The fourth-order valence-electron chi connectivity index (χ4n) is 2.17. The van der Waals surface area contributed by atoms with Gasteiger partial charge in [0.05, 0.1) is 15.7 Å². The average Bonchev–Trinajstić information content (AvgIpc) is 2.59. The van der Waals surface area contributed by atoms with Crippen LogP contribution in [0.5, 0.6) is 0 Å². The molecule has 0 amide bonds. The van der Waals surface area contributed by atoms with Gasteiger partial charge in [-0.3, -0.25) is 4.79 Å². The van der Waals surface area contributed by atoms with Crippen LogP contribution in [-0.4, -0.2) is 15.8 Å². The van der Waals surface area contributed by atoms with E-state index in [1.807, 2.05) is 6.07 Å². The first-order valence-electron chi connectivity index (χ1n) is 7.45. The van der Waals surface area contributed by atoms with Crippen LogP contribution in [0.2, 0.25) is 10.0 Å². The molecule has 5 nitrogen and oxygen atoms in total. The highest BCUT2D eigenvalue weighted by Crippen LogP contribution is 2.31. The van der Waals surface area contributed by atoms with Crippen molar-refractivity contribution in [2.75, 3.05) is 10.6 Å². The SMILES string of the molecule is CC(=O)c1cccc(Nc2nccc(Nc3cccc(Cl)c3Cl)n2)c1. The number of ketones is 1. The zero-order valence-electron chi connectivity index (χ0n) is 13.3. The van der Waals surface area contributed by atoms with Gasteiger partial charge in [-0.15, -0.1) is 0 Å². The molecule has 0 radical (unpaired) electrons. The van der Waals surface area contributed by atoms with E-state index in [0.717, 1.165) is 5.69 Å². The number of nitrogens with zero attached hydrogens (tertiary/aromatic N) is 2. The van der Waals surface area contributed by atoms with Crippen molar-refractivity contribution in [3.8, 4) is 0 Å². The van der Waals surface area contributed by atoms with Crippen molar-refractivity contribution in [2.24, 2.45) is 0 Å². The Hall–Kier alpha value is -2.63. The Morgan fingerprint density at radius 3 is 2.64 bits per heavy atom. The van der Waals surface area contributed by atoms with Crippen LogP contribution < -0.4 is 10.6 Å². The third-order valence-electron chi connectivity index (χ3n) is 3.40. The quantitative estimate of drug-likeness (QED) is 0.580. The molecule has 2 N–H and O–H groups in total. The van der Waals surface area contributed by atoms with Crippen LogP contribution in [-0.2, 0) is 0 Å². The van der Waals surface area contributed by atoms with E-state index in [4.69, 9.17) is 23.2 Å². The van der Waals surface area contributed by atoms with Gasteiger partial charge in [-0.25, -0.2) is 4.98 Å². The van der Waals surface area contributed by atoms with E-state index in [9.17, 15) is 4.79 Å². The van der Waals surface area contributed by atoms with E-state index >= 15 is 0 Å². The Kier molecular flexibility index (Phi) is 5.16. The Morgan fingerprint density at radius 2 is 1.84 bits per heavy atom. The van der Waals surface area contributed by atoms with Crippen molar-refractivity contribution < 1.29 is 4.79 Å². The number of nitrogens with one attached hydrogen (secondary N) is 2. The van der Waals surface area contributed by atoms with Gasteiger partial charge in [-0.05, 0) is 37.3 Å². The maximum atomic E-state index is 11.5. The first-order valence-corrected chi connectivity index (χ1v) is 8.20. The van der Waals surface area contributed by atoms with Crippen LogP contribution in [0, 0.1) is 0 Å². The summed E-state index contributed by atoms with van der Waals surface area (Å²) in [5.74, 6) is 0.948. The van der Waals surface area contributed by atoms with Crippen molar-refractivity contribution in [1.29, 1.82) is 0 Å². The summed E-state index contributed by atoms with van der Waals surface area (Å²) in [7, 11) is 0. The lowest BCUT2D eigenvalue weighted by atomic mass is 10.1. The minimum atomic E-state index is -0.00409. The van der Waals surface area contributed by atoms with E-state index in [1.54, 1.807) is 48.7 Å². The standard InChI is InChI=1S/C18H14Cl2N4O/c1-11(25)12-4-2-5-13(10-12)22-18-21-9-8-16(24-18)23-15-7-3-6-14(19)17(15)20/h2-10H,1H3,(H2,21,22,23,24). The lowest BCUT2D eigenvalue weighted by Gasteiger charge is -2.10. The van der Waals surface area contributed by atoms with E-state index in [2.05, 4.69) is 20.6 Å². The first kappa shape index (κ1) is 17.2. The number of anilines is 4. The summed E-state index contributed by atoms with van der Waals surface area (Å²) in [6.07, 6.45) is 1.62. The average molecular weight is 373 g/mol. The highest BCUT2D eigenvalue weighted by molar-refractivity contribution is 6.43. The van der Waals surface area contributed by atoms with Crippen LogP contribution in [0.25, 0.3) is 0 Å². The first-order chi connectivity index (χ1) is 12.0. The molecule has 0 aliphatic heterocycles. The number of Topliss-reactive ketones (excluding diaryl/α,β-unsaturated/α-hetero) is 1. The van der Waals surface area contributed by atoms with Crippen LogP contribution in [0.3, 0.4) is 0 Å². The lowest BCUT2D eigenvalue weighted by molar-refractivity contribution is 0.101. The Labute approximate surface area is 155 Å². The van der Waals surface area contributed by atoms with Crippen molar-refractivity contribution >= 4 is 52.1 Å². The molecule has 3 rings (SSSR count). The van der Waals surface area contributed by atoms with Gasteiger partial charge >= 0.3 is 0 Å². The van der Waals surface area contributed by atoms with Gasteiger partial charge in [0, 0.05) is 17.4 Å². The third-order valence-corrected chi connectivity index (χ3v) is 4.21. The summed E-state index contributed by atoms with van der Waals surface area (Å²) in [4.78, 5) is 20.0. The highest BCUT2D eigenvalue weighted by atomic mass is 35.5. The van der Waals surface area contributed by atoms with Gasteiger partial charge in [0.2, 0.25) is 5.95 Å². The molecule has 0 spiro atoms. The molecular weight excluding hydrogens is 359 g/mol. The lowest BCUT2D eigenvalue weighted by Crippen LogP contribution is -2.01. The molecule has 0 fully saturated rings. The van der Waals surface area contributed by atoms with E-state index in [1.165, 1.54) is 6.92 Å². The fraction of sp³-hybridized carbons (Fsp3) is 0.0556. The van der Waals surface area contributed by atoms with Crippen LogP contribution in [0.1, 0.15) is 17.3 Å². The molecular formula is C18H14Cl2N4O. The topological polar surface area (TPSA) is 66.9 Å². The van der Waals surface area contributed by atoms with E-state index < -0.39 is 0 Å². The number of rotatable bonds is 5. The summed E-state index contributed by atoms with van der Waals surface area (Å²) in [5.41, 5.74) is 1.99. The maximum Gasteiger partial charge on any atom is 0.229 e. The molecule has 0 atom stereocenters. The smallest absolute Gasteiger partial charge is 0.229 e. The number of hydrogen-bond acceptors (Lipinski definition) is 5. The molecule has 2 aromatic carbocycles. The number of halogens is 2. The molecule has 0 aliphatic carbocycles. The number of carbonyl (C=O) groups is 1. The van der Waals surface area contributed by atoms with Crippen LogP contribution in [0.4, 0.5) is 23.1 Å². The van der Waals surface area contributed by atoms with Gasteiger partial charge < -0.3 is 10.6 Å². The second-order valence-electron chi connectivity index (χ2n) is 5.25. The monoisotopic (exact) mass is 372 g/mol. The fourth-order valence-corrected chi connectivity index (χ4v) is 2.52. The van der Waals surface area contributed by atoms with E-state index in [-0.39, 0.29) is 5.78 Å². The molecule has 126 valence electrons. The molecule has 7 heteroatoms. The Bertz CT molecular complexity index is 930.